The van der Waals surface area contributed by atoms with Crippen molar-refractivity contribution in [2.24, 2.45) is 11.8 Å². The van der Waals surface area contributed by atoms with Gasteiger partial charge in [-0.2, -0.15) is 0 Å². The molecular formula is C15H21NO3. The van der Waals surface area contributed by atoms with Crippen LogP contribution < -0.4 is 0 Å². The van der Waals surface area contributed by atoms with Gasteiger partial charge in [-0.25, -0.2) is 0 Å². The number of Topliss-reactive ketones (excluding diaryl/α,β-unsaturated/α-hetero) is 1. The van der Waals surface area contributed by atoms with Crippen LogP contribution in [-0.2, 0) is 14.3 Å². The van der Waals surface area contributed by atoms with Crippen molar-refractivity contribution in [1.29, 1.82) is 0 Å². The zero-order valence-electron chi connectivity index (χ0n) is 11.8. The van der Waals surface area contributed by atoms with Gasteiger partial charge in [0, 0.05) is 30.8 Å². The molecule has 1 heterocycles. The van der Waals surface area contributed by atoms with Gasteiger partial charge in [0.05, 0.1) is 7.11 Å². The average Bonchev–Trinajstić information content (AvgIpc) is 2.80. The van der Waals surface area contributed by atoms with Gasteiger partial charge in [-0.05, 0) is 32.4 Å². The molecule has 0 spiro atoms. The third kappa shape index (κ3) is 2.88. The third-order valence-electron chi connectivity index (χ3n) is 4.18. The fourth-order valence-electron chi connectivity index (χ4n) is 2.76. The first-order valence-electron chi connectivity index (χ1n) is 6.75. The van der Waals surface area contributed by atoms with Crippen molar-refractivity contribution in [2.75, 3.05) is 13.7 Å². The number of ether oxygens (including phenoxy) is 1. The monoisotopic (exact) mass is 263 g/mol. The molecule has 4 heteroatoms. The van der Waals surface area contributed by atoms with Gasteiger partial charge in [-0.15, -0.1) is 0 Å². The van der Waals surface area contributed by atoms with Gasteiger partial charge in [0.2, 0.25) is 5.91 Å². The van der Waals surface area contributed by atoms with Gasteiger partial charge >= 0.3 is 0 Å². The highest BCUT2D eigenvalue weighted by Gasteiger charge is 2.36. The molecule has 1 unspecified atom stereocenters. The minimum absolute atomic E-state index is 0.0996. The summed E-state index contributed by atoms with van der Waals surface area (Å²) in [5, 5.41) is 0. The van der Waals surface area contributed by atoms with Crippen molar-refractivity contribution in [3.8, 4) is 0 Å². The van der Waals surface area contributed by atoms with Crippen molar-refractivity contribution in [2.45, 2.75) is 32.7 Å². The zero-order chi connectivity index (χ0) is 14.0. The molecule has 0 aromatic heterocycles. The maximum Gasteiger partial charge on any atom is 0.223 e. The van der Waals surface area contributed by atoms with Crippen LogP contribution in [0.25, 0.3) is 0 Å². The van der Waals surface area contributed by atoms with E-state index in [-0.39, 0.29) is 23.7 Å². The molecule has 0 aromatic carbocycles. The number of amides is 1. The maximum atomic E-state index is 12.0. The Kier molecular flexibility index (Phi) is 4.08. The smallest absolute Gasteiger partial charge is 0.223 e. The molecule has 0 saturated carbocycles. The van der Waals surface area contributed by atoms with Gasteiger partial charge in [0.25, 0.3) is 0 Å². The lowest BCUT2D eigenvalue weighted by molar-refractivity contribution is -0.130. The van der Waals surface area contributed by atoms with Gasteiger partial charge in [-0.1, -0.05) is 6.08 Å². The summed E-state index contributed by atoms with van der Waals surface area (Å²) in [6, 6.07) is 0.128. The normalized spacial score (nSPS) is 28.3. The largest absolute Gasteiger partial charge is 0.497 e. The van der Waals surface area contributed by atoms with Crippen LogP contribution in [0.5, 0.6) is 0 Å². The standard InChI is InChI=1S/C15H21NO3/c1-10(12-4-6-14(19-3)7-5-12)16-9-13(11(2)17)8-15(16)18/h4,6-7,10,12-13H,5,8-9H2,1-3H3/t10-,12?,13+/m0/s1. The quantitative estimate of drug-likeness (QED) is 0.778. The highest BCUT2D eigenvalue weighted by Crippen LogP contribution is 2.28. The van der Waals surface area contributed by atoms with Gasteiger partial charge in [0.15, 0.2) is 0 Å². The highest BCUT2D eigenvalue weighted by atomic mass is 16.5. The molecule has 0 aromatic rings. The number of hydrogen-bond acceptors (Lipinski definition) is 3. The predicted octanol–water partition coefficient (Wildman–Crippen LogP) is 1.92. The minimum atomic E-state index is -0.118. The SMILES string of the molecule is COC1=CCC([C@H](C)N2C[C@H](C(C)=O)CC2=O)C=C1. The van der Waals surface area contributed by atoms with Crippen molar-refractivity contribution in [3.63, 3.8) is 0 Å². The number of carbonyl (C=O) groups is 2. The molecule has 1 amide bonds. The van der Waals surface area contributed by atoms with Crippen LogP contribution in [0.2, 0.25) is 0 Å². The molecule has 1 fully saturated rings. The van der Waals surface area contributed by atoms with Crippen LogP contribution in [-0.4, -0.2) is 36.3 Å². The Morgan fingerprint density at radius 2 is 2.26 bits per heavy atom. The predicted molar refractivity (Wildman–Crippen MR) is 72.3 cm³/mol. The molecule has 104 valence electrons. The lowest BCUT2D eigenvalue weighted by Crippen LogP contribution is -2.39. The Bertz CT molecular complexity index is 439. The van der Waals surface area contributed by atoms with Crippen molar-refractivity contribution in [1.82, 2.24) is 4.90 Å². The Balaban J connectivity index is 2.00. The fraction of sp³-hybridized carbons (Fsp3) is 0.600. The van der Waals surface area contributed by atoms with E-state index in [9.17, 15) is 9.59 Å². The second-order valence-corrected chi connectivity index (χ2v) is 5.37. The summed E-state index contributed by atoms with van der Waals surface area (Å²) in [7, 11) is 1.65. The minimum Gasteiger partial charge on any atom is -0.497 e. The second-order valence-electron chi connectivity index (χ2n) is 5.37. The molecule has 2 aliphatic rings. The first kappa shape index (κ1) is 13.8. The van der Waals surface area contributed by atoms with Crippen LogP contribution in [0.1, 0.15) is 26.7 Å². The summed E-state index contributed by atoms with van der Waals surface area (Å²) < 4.78 is 5.16. The topological polar surface area (TPSA) is 46.6 Å². The lowest BCUT2D eigenvalue weighted by atomic mass is 9.92. The lowest BCUT2D eigenvalue weighted by Gasteiger charge is -2.31. The molecule has 1 aliphatic carbocycles. The average molecular weight is 263 g/mol. The maximum absolute atomic E-state index is 12.0. The number of methoxy groups -OCH3 is 1. The molecule has 3 atom stereocenters. The van der Waals surface area contributed by atoms with Crippen LogP contribution in [0, 0.1) is 11.8 Å². The number of likely N-dealkylation sites (tertiary alicyclic amines) is 1. The van der Waals surface area contributed by atoms with E-state index in [1.54, 1.807) is 14.0 Å². The number of carbonyl (C=O) groups excluding carboxylic acids is 2. The van der Waals surface area contributed by atoms with E-state index in [0.29, 0.717) is 18.9 Å². The summed E-state index contributed by atoms with van der Waals surface area (Å²) in [5.41, 5.74) is 0. The number of rotatable bonds is 4. The first-order chi connectivity index (χ1) is 9.02. The Labute approximate surface area is 114 Å². The number of nitrogens with zero attached hydrogens (tertiary/aromatic N) is 1. The molecule has 1 saturated heterocycles. The van der Waals surface area contributed by atoms with E-state index in [1.165, 1.54) is 0 Å². The van der Waals surface area contributed by atoms with Crippen molar-refractivity contribution >= 4 is 11.7 Å². The number of ketones is 1. The second kappa shape index (κ2) is 5.59. The summed E-state index contributed by atoms with van der Waals surface area (Å²) in [5.74, 6) is 1.27. The molecule has 2 rings (SSSR count). The molecule has 0 N–H and O–H groups in total. The zero-order valence-corrected chi connectivity index (χ0v) is 11.8. The van der Waals surface area contributed by atoms with Gasteiger partial charge in [0.1, 0.15) is 11.5 Å². The molecule has 4 nitrogen and oxygen atoms in total. The van der Waals surface area contributed by atoms with E-state index in [2.05, 4.69) is 13.0 Å². The van der Waals surface area contributed by atoms with E-state index >= 15 is 0 Å². The first-order valence-corrected chi connectivity index (χ1v) is 6.75. The molecule has 1 aliphatic heterocycles. The van der Waals surface area contributed by atoms with Crippen molar-refractivity contribution in [3.05, 3.63) is 24.0 Å². The van der Waals surface area contributed by atoms with Gasteiger partial charge in [-0.3, -0.25) is 9.59 Å². The molecule has 19 heavy (non-hydrogen) atoms. The third-order valence-corrected chi connectivity index (χ3v) is 4.18. The summed E-state index contributed by atoms with van der Waals surface area (Å²) in [6.07, 6.45) is 7.33. The van der Waals surface area contributed by atoms with E-state index in [1.807, 2.05) is 17.1 Å². The number of allylic oxidation sites excluding steroid dienone is 2. The molecule has 0 radical (unpaired) electrons. The van der Waals surface area contributed by atoms with Crippen LogP contribution in [0.15, 0.2) is 24.0 Å². The summed E-state index contributed by atoms with van der Waals surface area (Å²) in [4.78, 5) is 25.3. The summed E-state index contributed by atoms with van der Waals surface area (Å²) >= 11 is 0. The Hall–Kier alpha value is -1.58. The highest BCUT2D eigenvalue weighted by molar-refractivity contribution is 5.89. The van der Waals surface area contributed by atoms with Crippen molar-refractivity contribution < 1.29 is 14.3 Å². The fourth-order valence-corrected chi connectivity index (χ4v) is 2.76. The number of hydrogen-bond donors (Lipinski definition) is 0. The van der Waals surface area contributed by atoms with E-state index in [0.717, 1.165) is 12.2 Å². The van der Waals surface area contributed by atoms with Crippen LogP contribution in [0.3, 0.4) is 0 Å². The van der Waals surface area contributed by atoms with Gasteiger partial charge < -0.3 is 9.64 Å². The van der Waals surface area contributed by atoms with Crippen LogP contribution in [0.4, 0.5) is 0 Å². The van der Waals surface area contributed by atoms with E-state index in [4.69, 9.17) is 4.74 Å². The molecular weight excluding hydrogens is 242 g/mol. The molecule has 0 bridgehead atoms. The summed E-state index contributed by atoms with van der Waals surface area (Å²) in [6.45, 7) is 4.20. The van der Waals surface area contributed by atoms with E-state index < -0.39 is 0 Å². The Morgan fingerprint density at radius 3 is 2.74 bits per heavy atom. The van der Waals surface area contributed by atoms with Crippen LogP contribution >= 0.6 is 0 Å². The Morgan fingerprint density at radius 1 is 1.53 bits per heavy atom.